The van der Waals surface area contributed by atoms with Crippen LogP contribution in [0.3, 0.4) is 0 Å². The van der Waals surface area contributed by atoms with Crippen molar-refractivity contribution >= 4 is 11.8 Å². The van der Waals surface area contributed by atoms with Crippen LogP contribution in [-0.4, -0.2) is 86.0 Å². The molecular weight excluding hydrogens is 306 g/mol. The first-order valence-corrected chi connectivity index (χ1v) is 9.40. The van der Waals surface area contributed by atoms with Crippen molar-refractivity contribution in [1.29, 1.82) is 0 Å². The standard InChI is InChI=1S/C18H31N3O3/c1-3-5-17(22)21-11-15-14(16(15)12-21)10-19-6-4-7-20(9-8-19)18(23)13-24-2/h14-16H,3-13H2,1-2H3/t14?,15-,16+. The lowest BCUT2D eigenvalue weighted by Crippen LogP contribution is -2.38. The third kappa shape index (κ3) is 3.91. The van der Waals surface area contributed by atoms with Crippen LogP contribution in [0.5, 0.6) is 0 Å². The predicted octanol–water partition coefficient (Wildman–Crippen LogP) is 0.672. The molecule has 3 fully saturated rings. The molecule has 2 saturated heterocycles. The molecule has 2 aliphatic heterocycles. The molecule has 3 rings (SSSR count). The molecule has 0 N–H and O–H groups in total. The highest BCUT2D eigenvalue weighted by Crippen LogP contribution is 2.52. The Morgan fingerprint density at radius 3 is 2.42 bits per heavy atom. The zero-order valence-electron chi connectivity index (χ0n) is 15.1. The number of carbonyl (C=O) groups excluding carboxylic acids is 2. The fraction of sp³-hybridized carbons (Fsp3) is 0.889. The molecule has 3 atom stereocenters. The quantitative estimate of drug-likeness (QED) is 0.715. The van der Waals surface area contributed by atoms with Gasteiger partial charge in [0.15, 0.2) is 0 Å². The van der Waals surface area contributed by atoms with Crippen LogP contribution < -0.4 is 0 Å². The van der Waals surface area contributed by atoms with E-state index in [1.807, 2.05) is 4.90 Å². The maximum absolute atomic E-state index is 12.0. The van der Waals surface area contributed by atoms with Crippen LogP contribution >= 0.6 is 0 Å². The Morgan fingerprint density at radius 2 is 1.75 bits per heavy atom. The number of likely N-dealkylation sites (tertiary alicyclic amines) is 1. The van der Waals surface area contributed by atoms with Gasteiger partial charge in [0.1, 0.15) is 6.61 Å². The van der Waals surface area contributed by atoms with Crippen LogP contribution in [0.25, 0.3) is 0 Å². The lowest BCUT2D eigenvalue weighted by atomic mass is 10.2. The van der Waals surface area contributed by atoms with E-state index in [9.17, 15) is 9.59 Å². The molecule has 0 spiro atoms. The zero-order chi connectivity index (χ0) is 17.1. The maximum Gasteiger partial charge on any atom is 0.248 e. The molecule has 0 bridgehead atoms. The number of ether oxygens (including phenoxy) is 1. The smallest absolute Gasteiger partial charge is 0.248 e. The molecule has 1 aliphatic carbocycles. The number of rotatable bonds is 6. The fourth-order valence-electron chi connectivity index (χ4n) is 4.41. The van der Waals surface area contributed by atoms with Crippen LogP contribution in [0.1, 0.15) is 26.2 Å². The van der Waals surface area contributed by atoms with E-state index >= 15 is 0 Å². The molecule has 0 aromatic heterocycles. The average Bonchev–Trinajstić information content (AvgIpc) is 3.09. The summed E-state index contributed by atoms with van der Waals surface area (Å²) in [5.41, 5.74) is 0. The van der Waals surface area contributed by atoms with Gasteiger partial charge in [0, 0.05) is 52.8 Å². The van der Waals surface area contributed by atoms with Crippen molar-refractivity contribution in [3.63, 3.8) is 0 Å². The van der Waals surface area contributed by atoms with Gasteiger partial charge in [0.25, 0.3) is 0 Å². The number of nitrogens with zero attached hydrogens (tertiary/aromatic N) is 3. The number of hydrogen-bond donors (Lipinski definition) is 0. The summed E-state index contributed by atoms with van der Waals surface area (Å²) in [4.78, 5) is 30.4. The van der Waals surface area contributed by atoms with Crippen LogP contribution in [-0.2, 0) is 14.3 Å². The van der Waals surface area contributed by atoms with Gasteiger partial charge in [0.05, 0.1) is 0 Å². The molecule has 6 nitrogen and oxygen atoms in total. The number of hydrogen-bond acceptors (Lipinski definition) is 4. The number of methoxy groups -OCH3 is 1. The van der Waals surface area contributed by atoms with E-state index in [0.717, 1.165) is 76.4 Å². The minimum absolute atomic E-state index is 0.104. The van der Waals surface area contributed by atoms with Crippen LogP contribution in [0.15, 0.2) is 0 Å². The molecule has 2 amide bonds. The highest BCUT2D eigenvalue weighted by Gasteiger charge is 2.56. The summed E-state index contributed by atoms with van der Waals surface area (Å²) in [6.07, 6.45) is 2.68. The third-order valence-electron chi connectivity index (χ3n) is 5.87. The molecule has 136 valence electrons. The maximum atomic E-state index is 12.0. The summed E-state index contributed by atoms with van der Waals surface area (Å²) in [7, 11) is 1.57. The Labute approximate surface area is 145 Å². The first-order chi connectivity index (χ1) is 11.6. The zero-order valence-corrected chi connectivity index (χ0v) is 15.1. The second kappa shape index (κ2) is 7.83. The van der Waals surface area contributed by atoms with Gasteiger partial charge in [-0.2, -0.15) is 0 Å². The second-order valence-corrected chi connectivity index (χ2v) is 7.51. The third-order valence-corrected chi connectivity index (χ3v) is 5.87. The summed E-state index contributed by atoms with van der Waals surface area (Å²) < 4.78 is 4.96. The molecule has 0 aromatic rings. The Hall–Kier alpha value is -1.14. The lowest BCUT2D eigenvalue weighted by Gasteiger charge is -2.24. The first kappa shape index (κ1) is 17.7. The van der Waals surface area contributed by atoms with Crippen LogP contribution in [0, 0.1) is 17.8 Å². The van der Waals surface area contributed by atoms with Gasteiger partial charge in [-0.05, 0) is 37.1 Å². The van der Waals surface area contributed by atoms with E-state index in [2.05, 4.69) is 16.7 Å². The van der Waals surface area contributed by atoms with E-state index in [1.54, 1.807) is 7.11 Å². The largest absolute Gasteiger partial charge is 0.375 e. The number of fused-ring (bicyclic) bond motifs is 1. The first-order valence-electron chi connectivity index (χ1n) is 9.40. The molecule has 3 aliphatic rings. The van der Waals surface area contributed by atoms with Crippen molar-refractivity contribution in [3.05, 3.63) is 0 Å². The summed E-state index contributed by atoms with van der Waals surface area (Å²) >= 11 is 0. The van der Waals surface area contributed by atoms with E-state index in [1.165, 1.54) is 0 Å². The van der Waals surface area contributed by atoms with Crippen LogP contribution in [0.2, 0.25) is 0 Å². The van der Waals surface area contributed by atoms with Crippen molar-refractivity contribution in [2.75, 3.05) is 59.5 Å². The molecule has 1 saturated carbocycles. The predicted molar refractivity (Wildman–Crippen MR) is 91.5 cm³/mol. The fourth-order valence-corrected chi connectivity index (χ4v) is 4.41. The average molecular weight is 337 g/mol. The van der Waals surface area contributed by atoms with Crippen molar-refractivity contribution < 1.29 is 14.3 Å². The van der Waals surface area contributed by atoms with Gasteiger partial charge < -0.3 is 19.4 Å². The van der Waals surface area contributed by atoms with Gasteiger partial charge in [-0.15, -0.1) is 0 Å². The van der Waals surface area contributed by atoms with Gasteiger partial charge in [-0.25, -0.2) is 0 Å². The van der Waals surface area contributed by atoms with Crippen LogP contribution in [0.4, 0.5) is 0 Å². The summed E-state index contributed by atoms with van der Waals surface area (Å²) in [6.45, 7) is 9.03. The summed E-state index contributed by atoms with van der Waals surface area (Å²) in [5.74, 6) is 2.65. The monoisotopic (exact) mass is 337 g/mol. The summed E-state index contributed by atoms with van der Waals surface area (Å²) in [6, 6.07) is 0. The Balaban J connectivity index is 1.40. The van der Waals surface area contributed by atoms with E-state index < -0.39 is 0 Å². The molecule has 2 heterocycles. The minimum Gasteiger partial charge on any atom is -0.375 e. The Bertz CT molecular complexity index is 458. The van der Waals surface area contributed by atoms with Crippen molar-refractivity contribution in [1.82, 2.24) is 14.7 Å². The number of piperidine rings is 1. The van der Waals surface area contributed by atoms with Gasteiger partial charge in [0.2, 0.25) is 11.8 Å². The SMILES string of the molecule is CCCC(=O)N1C[C@@H]2C(CN3CCCN(C(=O)COC)CC3)[C@@H]2C1. The lowest BCUT2D eigenvalue weighted by molar-refractivity contribution is -0.135. The topological polar surface area (TPSA) is 53.1 Å². The summed E-state index contributed by atoms with van der Waals surface area (Å²) in [5, 5.41) is 0. The molecule has 0 aromatic carbocycles. The highest BCUT2D eigenvalue weighted by molar-refractivity contribution is 5.77. The number of carbonyl (C=O) groups is 2. The van der Waals surface area contributed by atoms with Crippen molar-refractivity contribution in [3.8, 4) is 0 Å². The van der Waals surface area contributed by atoms with Gasteiger partial charge in [-0.1, -0.05) is 6.92 Å². The minimum atomic E-state index is 0.104. The Morgan fingerprint density at radius 1 is 1.00 bits per heavy atom. The van der Waals surface area contributed by atoms with Gasteiger partial charge in [-0.3, -0.25) is 9.59 Å². The van der Waals surface area contributed by atoms with E-state index in [0.29, 0.717) is 12.3 Å². The molecule has 0 radical (unpaired) electrons. The highest BCUT2D eigenvalue weighted by atomic mass is 16.5. The van der Waals surface area contributed by atoms with Crippen molar-refractivity contribution in [2.45, 2.75) is 26.2 Å². The molecule has 6 heteroatoms. The Kier molecular flexibility index (Phi) is 5.76. The van der Waals surface area contributed by atoms with E-state index in [4.69, 9.17) is 4.74 Å². The van der Waals surface area contributed by atoms with Crippen molar-refractivity contribution in [2.24, 2.45) is 17.8 Å². The van der Waals surface area contributed by atoms with Gasteiger partial charge >= 0.3 is 0 Å². The normalized spacial score (nSPS) is 30.2. The number of amides is 2. The van der Waals surface area contributed by atoms with E-state index in [-0.39, 0.29) is 12.5 Å². The molecule has 1 unspecified atom stereocenters. The molecule has 24 heavy (non-hydrogen) atoms. The molecular formula is C18H31N3O3. The second-order valence-electron chi connectivity index (χ2n) is 7.51.